The standard InChI is InChI=1S/C21H19NO4/c1-14-12-18(15(2)26-14)21(24)25-13-20(23)22-19-11-7-6-10-17(19)16-8-4-3-5-9-16/h3-12H,13H2,1-2H3,(H,22,23). The Bertz CT molecular complexity index is 928. The van der Waals surface area contributed by atoms with Gasteiger partial charge in [0, 0.05) is 11.3 Å². The number of furan rings is 1. The van der Waals surface area contributed by atoms with Crippen LogP contribution in [0, 0.1) is 13.8 Å². The molecule has 3 aromatic rings. The highest BCUT2D eigenvalue weighted by atomic mass is 16.5. The Balaban J connectivity index is 1.66. The molecular formula is C21H19NO4. The molecule has 1 heterocycles. The Morgan fingerprint density at radius 1 is 1.00 bits per heavy atom. The average molecular weight is 349 g/mol. The lowest BCUT2D eigenvalue weighted by molar-refractivity contribution is -0.119. The second-order valence-electron chi connectivity index (χ2n) is 5.86. The molecule has 0 aliphatic carbocycles. The Morgan fingerprint density at radius 2 is 1.69 bits per heavy atom. The molecule has 0 atom stereocenters. The van der Waals surface area contributed by atoms with Gasteiger partial charge in [-0.1, -0.05) is 48.5 Å². The first-order valence-corrected chi connectivity index (χ1v) is 8.23. The summed E-state index contributed by atoms with van der Waals surface area (Å²) in [6.07, 6.45) is 0. The third kappa shape index (κ3) is 4.00. The van der Waals surface area contributed by atoms with E-state index in [1.165, 1.54) is 0 Å². The predicted octanol–water partition coefficient (Wildman–Crippen LogP) is 4.36. The third-order valence-corrected chi connectivity index (χ3v) is 3.88. The van der Waals surface area contributed by atoms with Crippen molar-refractivity contribution >= 4 is 17.6 Å². The van der Waals surface area contributed by atoms with Crippen LogP contribution in [0.2, 0.25) is 0 Å². The molecule has 5 heteroatoms. The fraction of sp³-hybridized carbons (Fsp3) is 0.143. The van der Waals surface area contributed by atoms with Gasteiger partial charge in [-0.25, -0.2) is 4.79 Å². The largest absolute Gasteiger partial charge is 0.466 e. The van der Waals surface area contributed by atoms with Gasteiger partial charge in [-0.2, -0.15) is 0 Å². The van der Waals surface area contributed by atoms with Crippen LogP contribution in [0.4, 0.5) is 5.69 Å². The second kappa shape index (κ2) is 7.70. The SMILES string of the molecule is Cc1cc(C(=O)OCC(=O)Nc2ccccc2-c2ccccc2)c(C)o1. The zero-order valence-electron chi connectivity index (χ0n) is 14.6. The summed E-state index contributed by atoms with van der Waals surface area (Å²) in [7, 11) is 0. The van der Waals surface area contributed by atoms with Gasteiger partial charge in [-0.15, -0.1) is 0 Å². The van der Waals surface area contributed by atoms with Crippen LogP contribution in [0.1, 0.15) is 21.9 Å². The van der Waals surface area contributed by atoms with Crippen molar-refractivity contribution in [3.8, 4) is 11.1 Å². The van der Waals surface area contributed by atoms with E-state index in [2.05, 4.69) is 5.32 Å². The van der Waals surface area contributed by atoms with E-state index in [0.717, 1.165) is 11.1 Å². The highest BCUT2D eigenvalue weighted by Crippen LogP contribution is 2.27. The van der Waals surface area contributed by atoms with E-state index < -0.39 is 11.9 Å². The average Bonchev–Trinajstić information content (AvgIpc) is 2.99. The number of hydrogen-bond acceptors (Lipinski definition) is 4. The summed E-state index contributed by atoms with van der Waals surface area (Å²) in [6.45, 7) is 3.06. The maximum Gasteiger partial charge on any atom is 0.342 e. The molecule has 1 aromatic heterocycles. The zero-order valence-corrected chi connectivity index (χ0v) is 14.6. The monoisotopic (exact) mass is 349 g/mol. The van der Waals surface area contributed by atoms with Crippen molar-refractivity contribution in [1.82, 2.24) is 0 Å². The van der Waals surface area contributed by atoms with E-state index in [0.29, 0.717) is 22.8 Å². The number of aryl methyl sites for hydroxylation is 2. The van der Waals surface area contributed by atoms with Crippen molar-refractivity contribution in [2.24, 2.45) is 0 Å². The van der Waals surface area contributed by atoms with Crippen LogP contribution in [0.5, 0.6) is 0 Å². The topological polar surface area (TPSA) is 68.5 Å². The first-order chi connectivity index (χ1) is 12.5. The number of hydrogen-bond donors (Lipinski definition) is 1. The number of amides is 1. The summed E-state index contributed by atoms with van der Waals surface area (Å²) in [5, 5.41) is 2.80. The highest BCUT2D eigenvalue weighted by molar-refractivity contribution is 5.98. The van der Waals surface area contributed by atoms with Crippen molar-refractivity contribution in [2.45, 2.75) is 13.8 Å². The van der Waals surface area contributed by atoms with Crippen molar-refractivity contribution in [3.63, 3.8) is 0 Å². The molecular weight excluding hydrogens is 330 g/mol. The van der Waals surface area contributed by atoms with Gasteiger partial charge in [0.05, 0.1) is 0 Å². The van der Waals surface area contributed by atoms with Crippen LogP contribution in [-0.4, -0.2) is 18.5 Å². The lowest BCUT2D eigenvalue weighted by atomic mass is 10.0. The van der Waals surface area contributed by atoms with Crippen LogP contribution < -0.4 is 5.32 Å². The number of rotatable bonds is 5. The normalized spacial score (nSPS) is 10.4. The maximum absolute atomic E-state index is 12.2. The molecule has 26 heavy (non-hydrogen) atoms. The fourth-order valence-electron chi connectivity index (χ4n) is 2.69. The van der Waals surface area contributed by atoms with Gasteiger partial charge in [0.15, 0.2) is 6.61 Å². The number of anilines is 1. The molecule has 0 aliphatic heterocycles. The van der Waals surface area contributed by atoms with E-state index in [1.807, 2.05) is 54.6 Å². The Morgan fingerprint density at radius 3 is 2.38 bits per heavy atom. The fourth-order valence-corrected chi connectivity index (χ4v) is 2.69. The van der Waals surface area contributed by atoms with Gasteiger partial charge in [0.25, 0.3) is 5.91 Å². The third-order valence-electron chi connectivity index (χ3n) is 3.88. The number of ether oxygens (including phenoxy) is 1. The summed E-state index contributed by atoms with van der Waals surface area (Å²) in [6, 6.07) is 18.8. The molecule has 5 nitrogen and oxygen atoms in total. The molecule has 2 aromatic carbocycles. The Labute approximate surface area is 151 Å². The van der Waals surface area contributed by atoms with Crippen molar-refractivity contribution < 1.29 is 18.7 Å². The molecule has 0 aliphatic rings. The molecule has 0 saturated heterocycles. The highest BCUT2D eigenvalue weighted by Gasteiger charge is 2.17. The van der Waals surface area contributed by atoms with Gasteiger partial charge in [-0.05, 0) is 31.5 Å². The number of carbonyl (C=O) groups excluding carboxylic acids is 2. The maximum atomic E-state index is 12.2. The zero-order chi connectivity index (χ0) is 18.5. The van der Waals surface area contributed by atoms with Gasteiger partial charge in [0.2, 0.25) is 0 Å². The molecule has 1 N–H and O–H groups in total. The number of carbonyl (C=O) groups is 2. The summed E-state index contributed by atoms with van der Waals surface area (Å²) in [5.74, 6) is 0.114. The van der Waals surface area contributed by atoms with Crippen LogP contribution in [0.15, 0.2) is 65.1 Å². The number of esters is 1. The molecule has 1 amide bonds. The molecule has 0 bridgehead atoms. The lowest BCUT2D eigenvalue weighted by Crippen LogP contribution is -2.21. The molecule has 132 valence electrons. The predicted molar refractivity (Wildman–Crippen MR) is 99.0 cm³/mol. The number of benzene rings is 2. The van der Waals surface area contributed by atoms with E-state index in [1.54, 1.807) is 19.9 Å². The van der Waals surface area contributed by atoms with Crippen molar-refractivity contribution in [3.05, 3.63) is 77.7 Å². The molecule has 0 saturated carbocycles. The second-order valence-corrected chi connectivity index (χ2v) is 5.86. The quantitative estimate of drug-likeness (QED) is 0.695. The Kier molecular flexibility index (Phi) is 5.17. The van der Waals surface area contributed by atoms with Gasteiger partial charge < -0.3 is 14.5 Å². The van der Waals surface area contributed by atoms with E-state index in [9.17, 15) is 9.59 Å². The summed E-state index contributed by atoms with van der Waals surface area (Å²) < 4.78 is 10.4. The van der Waals surface area contributed by atoms with Crippen molar-refractivity contribution in [1.29, 1.82) is 0 Å². The van der Waals surface area contributed by atoms with Gasteiger partial charge >= 0.3 is 5.97 Å². The van der Waals surface area contributed by atoms with Crippen LogP contribution >= 0.6 is 0 Å². The van der Waals surface area contributed by atoms with E-state index in [-0.39, 0.29) is 6.61 Å². The van der Waals surface area contributed by atoms with Crippen LogP contribution in [-0.2, 0) is 9.53 Å². The van der Waals surface area contributed by atoms with Crippen LogP contribution in [0.25, 0.3) is 11.1 Å². The minimum absolute atomic E-state index is 0.333. The van der Waals surface area contributed by atoms with Gasteiger partial charge in [-0.3, -0.25) is 4.79 Å². The summed E-state index contributed by atoms with van der Waals surface area (Å²) in [5.41, 5.74) is 2.88. The molecule has 0 unspecified atom stereocenters. The smallest absolute Gasteiger partial charge is 0.342 e. The molecule has 0 radical (unpaired) electrons. The summed E-state index contributed by atoms with van der Waals surface area (Å²) in [4.78, 5) is 24.3. The van der Waals surface area contributed by atoms with Crippen molar-refractivity contribution in [2.75, 3.05) is 11.9 Å². The van der Waals surface area contributed by atoms with E-state index in [4.69, 9.17) is 9.15 Å². The molecule has 0 fully saturated rings. The van der Waals surface area contributed by atoms with Gasteiger partial charge in [0.1, 0.15) is 17.1 Å². The number of nitrogens with one attached hydrogen (secondary N) is 1. The number of para-hydroxylation sites is 1. The first kappa shape index (κ1) is 17.5. The lowest BCUT2D eigenvalue weighted by Gasteiger charge is -2.11. The molecule has 3 rings (SSSR count). The minimum Gasteiger partial charge on any atom is -0.466 e. The molecule has 0 spiro atoms. The van der Waals surface area contributed by atoms with E-state index >= 15 is 0 Å². The minimum atomic E-state index is -0.578. The summed E-state index contributed by atoms with van der Waals surface area (Å²) >= 11 is 0. The first-order valence-electron chi connectivity index (χ1n) is 8.23. The Hall–Kier alpha value is -3.34. The van der Waals surface area contributed by atoms with Crippen LogP contribution in [0.3, 0.4) is 0 Å².